The number of hydrogen-bond donors (Lipinski definition) is 1. The molecule has 1 aliphatic heterocycles. The normalized spacial score (nSPS) is 22.7. The van der Waals surface area contributed by atoms with E-state index in [1.54, 1.807) is 24.2 Å². The molecule has 0 aliphatic carbocycles. The molecule has 1 fully saturated rings. The van der Waals surface area contributed by atoms with Gasteiger partial charge < -0.3 is 14.7 Å². The van der Waals surface area contributed by atoms with E-state index >= 15 is 0 Å². The second-order valence-electron chi connectivity index (χ2n) is 5.26. The van der Waals surface area contributed by atoms with Crippen molar-refractivity contribution in [3.63, 3.8) is 0 Å². The zero-order valence-corrected chi connectivity index (χ0v) is 13.0. The summed E-state index contributed by atoms with van der Waals surface area (Å²) in [6.45, 7) is 2.34. The van der Waals surface area contributed by atoms with E-state index in [2.05, 4.69) is 0 Å². The third-order valence-electron chi connectivity index (χ3n) is 3.82. The van der Waals surface area contributed by atoms with Crippen LogP contribution in [-0.2, 0) is 9.53 Å². The van der Waals surface area contributed by atoms with Crippen molar-refractivity contribution in [1.82, 2.24) is 4.90 Å². The van der Waals surface area contributed by atoms with E-state index in [-0.39, 0.29) is 24.7 Å². The Balaban J connectivity index is 2.14. The smallest absolute Gasteiger partial charge is 0.247 e. The summed E-state index contributed by atoms with van der Waals surface area (Å²) in [5.74, 6) is -0.105. The Hall–Kier alpha value is -1.36. The second-order valence-corrected chi connectivity index (χ2v) is 5.69. The molecule has 0 bridgehead atoms. The van der Waals surface area contributed by atoms with E-state index < -0.39 is 0 Å². The van der Waals surface area contributed by atoms with Crippen LogP contribution in [0.25, 0.3) is 5.57 Å². The minimum atomic E-state index is -0.175. The summed E-state index contributed by atoms with van der Waals surface area (Å²) >= 11 is 5.96. The number of halogens is 1. The standard InChI is InChI=1S/C16H20ClNO3/c1-11(12-4-3-5-13(17)7-12)6-16(20)18-9-15(21-2)8-14(18)10-19/h3-7,14-15,19H,8-10H2,1-2H3/b11-6+/t14-,15-/m0/s1. The lowest BCUT2D eigenvalue weighted by Crippen LogP contribution is -2.37. The Kier molecular flexibility index (Phi) is 5.39. The lowest BCUT2D eigenvalue weighted by Gasteiger charge is -2.21. The van der Waals surface area contributed by atoms with E-state index in [1.807, 2.05) is 25.1 Å². The SMILES string of the molecule is CO[C@H]1C[C@@H](CO)N(C(=O)/C=C(\C)c2cccc(Cl)c2)C1. The molecule has 0 unspecified atom stereocenters. The largest absolute Gasteiger partial charge is 0.394 e. The Labute approximate surface area is 130 Å². The molecule has 21 heavy (non-hydrogen) atoms. The maximum atomic E-state index is 12.4. The van der Waals surface area contributed by atoms with E-state index in [1.165, 1.54) is 0 Å². The highest BCUT2D eigenvalue weighted by Crippen LogP contribution is 2.22. The quantitative estimate of drug-likeness (QED) is 0.869. The van der Waals surface area contributed by atoms with E-state index in [0.717, 1.165) is 11.1 Å². The van der Waals surface area contributed by atoms with E-state index in [0.29, 0.717) is 18.0 Å². The number of likely N-dealkylation sites (tertiary alicyclic amines) is 1. The van der Waals surface area contributed by atoms with Crippen molar-refractivity contribution in [1.29, 1.82) is 0 Å². The number of carbonyl (C=O) groups excluding carboxylic acids is 1. The van der Waals surface area contributed by atoms with E-state index in [4.69, 9.17) is 16.3 Å². The fourth-order valence-electron chi connectivity index (χ4n) is 2.57. The van der Waals surface area contributed by atoms with Gasteiger partial charge in [0.25, 0.3) is 0 Å². The summed E-state index contributed by atoms with van der Waals surface area (Å²) in [6.07, 6.45) is 2.25. The minimum absolute atomic E-state index is 0.00836. The van der Waals surface area contributed by atoms with Crippen molar-refractivity contribution in [2.24, 2.45) is 0 Å². The van der Waals surface area contributed by atoms with Crippen LogP contribution < -0.4 is 0 Å². The lowest BCUT2D eigenvalue weighted by atomic mass is 10.1. The number of hydrogen-bond acceptors (Lipinski definition) is 3. The number of carbonyl (C=O) groups is 1. The van der Waals surface area contributed by atoms with Crippen LogP contribution in [0.5, 0.6) is 0 Å². The number of ether oxygens (including phenoxy) is 1. The first-order valence-electron chi connectivity index (χ1n) is 6.93. The Morgan fingerprint density at radius 3 is 2.95 bits per heavy atom. The fraction of sp³-hybridized carbons (Fsp3) is 0.438. The first kappa shape index (κ1) is 16.0. The van der Waals surface area contributed by atoms with Crippen LogP contribution >= 0.6 is 11.6 Å². The summed E-state index contributed by atoms with van der Waals surface area (Å²) in [5.41, 5.74) is 1.76. The van der Waals surface area contributed by atoms with Gasteiger partial charge in [0.1, 0.15) is 0 Å². The molecule has 5 heteroatoms. The van der Waals surface area contributed by atoms with Crippen molar-refractivity contribution < 1.29 is 14.6 Å². The van der Waals surface area contributed by atoms with Gasteiger partial charge in [-0.25, -0.2) is 0 Å². The highest BCUT2D eigenvalue weighted by molar-refractivity contribution is 6.30. The monoisotopic (exact) mass is 309 g/mol. The topological polar surface area (TPSA) is 49.8 Å². The molecule has 1 aliphatic rings. The molecule has 0 saturated carbocycles. The molecule has 1 aromatic carbocycles. The number of allylic oxidation sites excluding steroid dienone is 1. The van der Waals surface area contributed by atoms with E-state index in [9.17, 15) is 9.90 Å². The van der Waals surface area contributed by atoms with Crippen LogP contribution in [0.2, 0.25) is 5.02 Å². The third-order valence-corrected chi connectivity index (χ3v) is 4.06. The zero-order valence-electron chi connectivity index (χ0n) is 12.3. The first-order chi connectivity index (χ1) is 10.0. The van der Waals surface area contributed by atoms with Gasteiger partial charge in [0.05, 0.1) is 18.8 Å². The molecule has 2 atom stereocenters. The fourth-order valence-corrected chi connectivity index (χ4v) is 2.76. The van der Waals surface area contributed by atoms with Gasteiger partial charge in [0.2, 0.25) is 5.91 Å². The zero-order chi connectivity index (χ0) is 15.4. The maximum Gasteiger partial charge on any atom is 0.247 e. The number of nitrogens with zero attached hydrogens (tertiary/aromatic N) is 1. The van der Waals surface area contributed by atoms with Crippen LogP contribution in [-0.4, -0.2) is 48.3 Å². The molecule has 1 N–H and O–H groups in total. The second kappa shape index (κ2) is 7.07. The van der Waals surface area contributed by atoms with Crippen LogP contribution in [0.15, 0.2) is 30.3 Å². The molecular formula is C16H20ClNO3. The summed E-state index contributed by atoms with van der Waals surface area (Å²) in [5, 5.41) is 10.0. The van der Waals surface area contributed by atoms with Gasteiger partial charge in [-0.3, -0.25) is 4.79 Å². The van der Waals surface area contributed by atoms with Gasteiger partial charge in [-0.2, -0.15) is 0 Å². The molecule has 1 heterocycles. The molecule has 2 rings (SSSR count). The van der Waals surface area contributed by atoms with Gasteiger partial charge in [-0.15, -0.1) is 0 Å². The van der Waals surface area contributed by atoms with Crippen LogP contribution in [0, 0.1) is 0 Å². The maximum absolute atomic E-state index is 12.4. The van der Waals surface area contributed by atoms with Crippen molar-refractivity contribution in [2.75, 3.05) is 20.3 Å². The number of aliphatic hydroxyl groups is 1. The van der Waals surface area contributed by atoms with Crippen molar-refractivity contribution >= 4 is 23.1 Å². The minimum Gasteiger partial charge on any atom is -0.394 e. The van der Waals surface area contributed by atoms with Crippen LogP contribution in [0.4, 0.5) is 0 Å². The van der Waals surface area contributed by atoms with Gasteiger partial charge in [-0.1, -0.05) is 23.7 Å². The van der Waals surface area contributed by atoms with Gasteiger partial charge in [0, 0.05) is 24.8 Å². The van der Waals surface area contributed by atoms with Crippen LogP contribution in [0.3, 0.4) is 0 Å². The summed E-state index contributed by atoms with van der Waals surface area (Å²) in [4.78, 5) is 14.1. The molecule has 1 amide bonds. The predicted octanol–water partition coefficient (Wildman–Crippen LogP) is 2.35. The summed E-state index contributed by atoms with van der Waals surface area (Å²) < 4.78 is 5.29. The molecule has 1 saturated heterocycles. The van der Waals surface area contributed by atoms with Gasteiger partial charge in [0.15, 0.2) is 0 Å². The molecular weight excluding hydrogens is 290 g/mol. The average molecular weight is 310 g/mol. The molecule has 0 radical (unpaired) electrons. The number of rotatable bonds is 4. The Morgan fingerprint density at radius 1 is 1.57 bits per heavy atom. The third kappa shape index (κ3) is 3.84. The first-order valence-corrected chi connectivity index (χ1v) is 7.31. The highest BCUT2D eigenvalue weighted by atomic mass is 35.5. The Morgan fingerprint density at radius 2 is 2.33 bits per heavy atom. The summed E-state index contributed by atoms with van der Waals surface area (Å²) in [7, 11) is 1.63. The summed E-state index contributed by atoms with van der Waals surface area (Å²) in [6, 6.07) is 7.21. The van der Waals surface area contributed by atoms with Crippen molar-refractivity contribution in [3.8, 4) is 0 Å². The molecule has 0 spiro atoms. The molecule has 0 aromatic heterocycles. The van der Waals surface area contributed by atoms with Crippen LogP contribution in [0.1, 0.15) is 18.9 Å². The molecule has 1 aromatic rings. The lowest BCUT2D eigenvalue weighted by molar-refractivity contribution is -0.127. The average Bonchev–Trinajstić information content (AvgIpc) is 2.90. The Bertz CT molecular complexity index is 544. The highest BCUT2D eigenvalue weighted by Gasteiger charge is 2.34. The van der Waals surface area contributed by atoms with Crippen molar-refractivity contribution in [3.05, 3.63) is 40.9 Å². The number of amides is 1. The predicted molar refractivity (Wildman–Crippen MR) is 83.1 cm³/mol. The number of aliphatic hydroxyl groups excluding tert-OH is 1. The number of methoxy groups -OCH3 is 1. The van der Waals surface area contributed by atoms with Gasteiger partial charge >= 0.3 is 0 Å². The molecule has 114 valence electrons. The van der Waals surface area contributed by atoms with Gasteiger partial charge in [-0.05, 0) is 36.6 Å². The van der Waals surface area contributed by atoms with Crippen molar-refractivity contribution in [2.45, 2.75) is 25.5 Å². The molecule has 4 nitrogen and oxygen atoms in total. The number of benzene rings is 1.